The molecule has 0 amide bonds. The Labute approximate surface area is 213 Å². The van der Waals surface area contributed by atoms with Gasteiger partial charge in [-0.2, -0.15) is 0 Å². The maximum atomic E-state index is 12.2. The number of rotatable bonds is 18. The first-order chi connectivity index (χ1) is 14.7. The first-order valence-corrected chi connectivity index (χ1v) is 12.7. The van der Waals surface area contributed by atoms with Crippen LogP contribution in [0.5, 0.6) is 0 Å². The minimum absolute atomic E-state index is 0. The van der Waals surface area contributed by atoms with Gasteiger partial charge < -0.3 is 14.6 Å². The maximum absolute atomic E-state index is 12.2. The van der Waals surface area contributed by atoms with Gasteiger partial charge >= 0.3 is 35.5 Å². The SMILES string of the molecule is CCCCCCCCCC/C=C/CCCCCCOC(=O)C1CCCCC1C(=O)[O-].[Na+]. The van der Waals surface area contributed by atoms with Gasteiger partial charge in [0.1, 0.15) is 0 Å². The molecule has 174 valence electrons. The molecule has 0 saturated heterocycles. The second-order valence-electron chi connectivity index (χ2n) is 8.92. The number of carboxylic acids is 1. The molecule has 0 aromatic heterocycles. The fraction of sp³-hybridized carbons (Fsp3) is 0.846. The van der Waals surface area contributed by atoms with Crippen LogP contribution in [0.3, 0.4) is 0 Å². The van der Waals surface area contributed by atoms with Gasteiger partial charge in [0.05, 0.1) is 12.5 Å². The molecule has 1 saturated carbocycles. The van der Waals surface area contributed by atoms with Crippen LogP contribution in [-0.4, -0.2) is 18.5 Å². The van der Waals surface area contributed by atoms with Gasteiger partial charge in [0.15, 0.2) is 0 Å². The number of carbonyl (C=O) groups excluding carboxylic acids is 2. The molecule has 5 heteroatoms. The number of carboxylic acid groups (broad SMARTS) is 1. The molecule has 0 aliphatic heterocycles. The molecular formula is C26H45NaO4. The van der Waals surface area contributed by atoms with Gasteiger partial charge in [-0.15, -0.1) is 0 Å². The van der Waals surface area contributed by atoms with E-state index in [-0.39, 0.29) is 35.5 Å². The summed E-state index contributed by atoms with van der Waals surface area (Å²) in [6.45, 7) is 2.67. The standard InChI is InChI=1S/C26H46O4.Na/c1-2-3-4-5-6-7-8-9-10-11-12-13-14-15-16-19-22-30-26(29)24-21-18-17-20-23(24)25(27)28;/h11-12,23-24H,2-10,13-22H2,1H3,(H,27,28);/q;+1/p-1/b12-11+;. The first kappa shape index (κ1) is 30.7. The molecule has 0 aromatic rings. The molecule has 1 aliphatic carbocycles. The summed E-state index contributed by atoms with van der Waals surface area (Å²) >= 11 is 0. The van der Waals surface area contributed by atoms with Crippen molar-refractivity contribution in [2.75, 3.05) is 6.61 Å². The summed E-state index contributed by atoms with van der Waals surface area (Å²) in [5, 5.41) is 11.2. The number of carbonyl (C=O) groups is 2. The second kappa shape index (κ2) is 21.5. The van der Waals surface area contributed by atoms with E-state index in [2.05, 4.69) is 19.1 Å². The predicted molar refractivity (Wildman–Crippen MR) is 121 cm³/mol. The van der Waals surface area contributed by atoms with Gasteiger partial charge in [0, 0.05) is 11.9 Å². The van der Waals surface area contributed by atoms with E-state index in [1.807, 2.05) is 0 Å². The third kappa shape index (κ3) is 16.0. The van der Waals surface area contributed by atoms with E-state index >= 15 is 0 Å². The molecule has 31 heavy (non-hydrogen) atoms. The van der Waals surface area contributed by atoms with E-state index in [1.54, 1.807) is 0 Å². The molecular weight excluding hydrogens is 399 g/mol. The monoisotopic (exact) mass is 444 g/mol. The molecule has 1 aliphatic rings. The van der Waals surface area contributed by atoms with Crippen LogP contribution < -0.4 is 34.7 Å². The fourth-order valence-corrected chi connectivity index (χ4v) is 4.32. The summed E-state index contributed by atoms with van der Waals surface area (Å²) in [7, 11) is 0. The number of ether oxygens (including phenoxy) is 1. The van der Waals surface area contributed by atoms with Crippen LogP contribution in [0.2, 0.25) is 0 Å². The molecule has 0 bridgehead atoms. The number of allylic oxidation sites excluding steroid dienone is 2. The normalized spacial score (nSPS) is 18.6. The maximum Gasteiger partial charge on any atom is 1.00 e. The Kier molecular flexibility index (Phi) is 21.3. The average Bonchev–Trinajstić information content (AvgIpc) is 2.75. The topological polar surface area (TPSA) is 66.4 Å². The van der Waals surface area contributed by atoms with Gasteiger partial charge in [-0.1, -0.05) is 89.7 Å². The van der Waals surface area contributed by atoms with Crippen LogP contribution in [0.15, 0.2) is 12.2 Å². The van der Waals surface area contributed by atoms with Crippen molar-refractivity contribution in [1.82, 2.24) is 0 Å². The Morgan fingerprint density at radius 2 is 1.26 bits per heavy atom. The number of unbranched alkanes of at least 4 members (excludes halogenated alkanes) is 12. The third-order valence-electron chi connectivity index (χ3n) is 6.27. The zero-order valence-electron chi connectivity index (χ0n) is 20.4. The van der Waals surface area contributed by atoms with Crippen LogP contribution in [-0.2, 0) is 14.3 Å². The zero-order chi connectivity index (χ0) is 21.9. The van der Waals surface area contributed by atoms with E-state index in [4.69, 9.17) is 4.74 Å². The minimum atomic E-state index is -1.10. The van der Waals surface area contributed by atoms with Gasteiger partial charge in [0.2, 0.25) is 0 Å². The number of hydrogen-bond donors (Lipinski definition) is 0. The van der Waals surface area contributed by atoms with E-state index < -0.39 is 17.8 Å². The number of hydrogen-bond acceptors (Lipinski definition) is 4. The van der Waals surface area contributed by atoms with Crippen molar-refractivity contribution in [3.8, 4) is 0 Å². The van der Waals surface area contributed by atoms with E-state index in [9.17, 15) is 14.7 Å². The summed E-state index contributed by atoms with van der Waals surface area (Å²) in [5.41, 5.74) is 0. The van der Waals surface area contributed by atoms with Crippen LogP contribution >= 0.6 is 0 Å². The van der Waals surface area contributed by atoms with Crippen molar-refractivity contribution in [1.29, 1.82) is 0 Å². The summed E-state index contributed by atoms with van der Waals surface area (Å²) in [6, 6.07) is 0. The van der Waals surface area contributed by atoms with Crippen molar-refractivity contribution >= 4 is 11.9 Å². The molecule has 0 spiro atoms. The third-order valence-corrected chi connectivity index (χ3v) is 6.27. The molecule has 4 nitrogen and oxygen atoms in total. The molecule has 0 N–H and O–H groups in total. The number of esters is 1. The van der Waals surface area contributed by atoms with E-state index in [0.29, 0.717) is 19.4 Å². The Balaban J connectivity index is 0.00000900. The van der Waals surface area contributed by atoms with Crippen molar-refractivity contribution in [3.63, 3.8) is 0 Å². The Morgan fingerprint density at radius 3 is 1.81 bits per heavy atom. The number of aliphatic carboxylic acids is 1. The molecule has 1 fully saturated rings. The Bertz CT molecular complexity index is 478. The minimum Gasteiger partial charge on any atom is -0.550 e. The smallest absolute Gasteiger partial charge is 0.550 e. The zero-order valence-corrected chi connectivity index (χ0v) is 22.4. The van der Waals surface area contributed by atoms with Crippen molar-refractivity contribution in [2.45, 2.75) is 122 Å². The fourth-order valence-electron chi connectivity index (χ4n) is 4.32. The molecule has 2 atom stereocenters. The summed E-state index contributed by atoms with van der Waals surface area (Å²) < 4.78 is 5.34. The predicted octanol–water partition coefficient (Wildman–Crippen LogP) is 3.13. The molecule has 0 heterocycles. The summed E-state index contributed by atoms with van der Waals surface area (Å²) in [4.78, 5) is 23.3. The Morgan fingerprint density at radius 1 is 0.774 bits per heavy atom. The molecule has 2 unspecified atom stereocenters. The molecule has 0 aromatic carbocycles. The van der Waals surface area contributed by atoms with Gasteiger partial charge in [-0.25, -0.2) is 0 Å². The van der Waals surface area contributed by atoms with Crippen LogP contribution in [0.25, 0.3) is 0 Å². The first-order valence-electron chi connectivity index (χ1n) is 12.7. The molecule has 1 rings (SSSR count). The quantitative estimate of drug-likeness (QED) is 0.141. The van der Waals surface area contributed by atoms with E-state index in [1.165, 1.54) is 64.2 Å². The largest absolute Gasteiger partial charge is 1.00 e. The van der Waals surface area contributed by atoms with Crippen molar-refractivity contribution in [3.05, 3.63) is 12.2 Å². The average molecular weight is 445 g/mol. The second-order valence-corrected chi connectivity index (χ2v) is 8.92. The van der Waals surface area contributed by atoms with Crippen molar-refractivity contribution < 1.29 is 49.0 Å². The summed E-state index contributed by atoms with van der Waals surface area (Å²) in [6.07, 6.45) is 25.1. The van der Waals surface area contributed by atoms with E-state index in [0.717, 1.165) is 38.5 Å². The van der Waals surface area contributed by atoms with Gasteiger partial charge in [-0.3, -0.25) is 4.79 Å². The summed E-state index contributed by atoms with van der Waals surface area (Å²) in [5.74, 6) is -2.61. The van der Waals surface area contributed by atoms with Crippen LogP contribution in [0.4, 0.5) is 0 Å². The van der Waals surface area contributed by atoms with Crippen molar-refractivity contribution in [2.24, 2.45) is 11.8 Å². The Hall–Kier alpha value is -0.320. The van der Waals surface area contributed by atoms with Gasteiger partial charge in [-0.05, 0) is 44.9 Å². The van der Waals surface area contributed by atoms with Gasteiger partial charge in [0.25, 0.3) is 0 Å². The molecule has 0 radical (unpaired) electrons. The van der Waals surface area contributed by atoms with Crippen LogP contribution in [0, 0.1) is 11.8 Å². The van der Waals surface area contributed by atoms with Crippen LogP contribution in [0.1, 0.15) is 122 Å².